The summed E-state index contributed by atoms with van der Waals surface area (Å²) in [6.45, 7) is 8.31. The van der Waals surface area contributed by atoms with Crippen molar-refractivity contribution in [1.82, 2.24) is 0 Å². The van der Waals surface area contributed by atoms with E-state index in [9.17, 15) is 4.79 Å². The van der Waals surface area contributed by atoms with Gasteiger partial charge in [0.25, 0.3) is 0 Å². The Bertz CT molecular complexity index is 343. The first-order valence-corrected chi connectivity index (χ1v) is 6.16. The molecule has 2 nitrogen and oxygen atoms in total. The largest absolute Gasteiger partial charge is 0.367 e. The molecule has 0 amide bonds. The number of hydrogen-bond acceptors (Lipinski definition) is 3. The third kappa shape index (κ3) is 2.47. The normalized spacial score (nSPS) is 14.9. The van der Waals surface area contributed by atoms with Crippen LogP contribution in [0.15, 0.2) is 11.4 Å². The Hall–Kier alpha value is -0.670. The van der Waals surface area contributed by atoms with Gasteiger partial charge in [0.05, 0.1) is 0 Å². The molecule has 0 aliphatic rings. The van der Waals surface area contributed by atoms with Crippen LogP contribution in [0.25, 0.3) is 0 Å². The molecule has 84 valence electrons. The van der Waals surface area contributed by atoms with Crippen LogP contribution in [0.2, 0.25) is 0 Å². The van der Waals surface area contributed by atoms with Gasteiger partial charge in [-0.05, 0) is 38.6 Å². The van der Waals surface area contributed by atoms with Gasteiger partial charge >= 0.3 is 0 Å². The van der Waals surface area contributed by atoms with Crippen LogP contribution in [0.3, 0.4) is 0 Å². The van der Waals surface area contributed by atoms with Crippen LogP contribution >= 0.6 is 11.3 Å². The number of carbonyl (C=O) groups is 1. The van der Waals surface area contributed by atoms with Crippen molar-refractivity contribution in [3.63, 3.8) is 0 Å². The van der Waals surface area contributed by atoms with Crippen molar-refractivity contribution in [1.29, 1.82) is 0 Å². The van der Waals surface area contributed by atoms with E-state index in [2.05, 4.69) is 0 Å². The van der Waals surface area contributed by atoms with Crippen LogP contribution in [-0.2, 0) is 4.74 Å². The fourth-order valence-corrected chi connectivity index (χ4v) is 2.25. The number of rotatable bonds is 5. The number of thiophene rings is 1. The highest BCUT2D eigenvalue weighted by molar-refractivity contribution is 7.10. The van der Waals surface area contributed by atoms with Gasteiger partial charge in [0.2, 0.25) is 0 Å². The van der Waals surface area contributed by atoms with E-state index < -0.39 is 5.60 Å². The summed E-state index contributed by atoms with van der Waals surface area (Å²) in [4.78, 5) is 13.3. The lowest BCUT2D eigenvalue weighted by Gasteiger charge is -2.26. The number of ketones is 1. The molecule has 1 aromatic heterocycles. The summed E-state index contributed by atoms with van der Waals surface area (Å²) in [5.41, 5.74) is 0.137. The quantitative estimate of drug-likeness (QED) is 0.719. The van der Waals surface area contributed by atoms with E-state index in [0.717, 1.165) is 10.4 Å². The lowest BCUT2D eigenvalue weighted by Crippen LogP contribution is -2.38. The second-order valence-corrected chi connectivity index (χ2v) is 4.86. The summed E-state index contributed by atoms with van der Waals surface area (Å²) in [6.07, 6.45) is 0.703. The van der Waals surface area contributed by atoms with Gasteiger partial charge in [0.1, 0.15) is 5.60 Å². The summed E-state index contributed by atoms with van der Waals surface area (Å²) >= 11 is 1.60. The predicted octanol–water partition coefficient (Wildman–Crippen LogP) is 3.44. The highest BCUT2D eigenvalue weighted by Gasteiger charge is 2.33. The van der Waals surface area contributed by atoms with E-state index in [1.807, 2.05) is 39.1 Å². The highest BCUT2D eigenvalue weighted by Crippen LogP contribution is 2.25. The molecule has 0 spiro atoms. The van der Waals surface area contributed by atoms with Gasteiger partial charge in [-0.25, -0.2) is 0 Å². The maximum atomic E-state index is 12.3. The van der Waals surface area contributed by atoms with E-state index in [0.29, 0.717) is 13.0 Å². The van der Waals surface area contributed by atoms with Crippen molar-refractivity contribution >= 4 is 17.1 Å². The minimum atomic E-state index is -0.666. The molecular weight excluding hydrogens is 208 g/mol. The number of ether oxygens (including phenoxy) is 1. The second kappa shape index (κ2) is 4.90. The first-order valence-electron chi connectivity index (χ1n) is 5.28. The van der Waals surface area contributed by atoms with E-state index in [1.54, 1.807) is 11.3 Å². The van der Waals surface area contributed by atoms with Crippen LogP contribution < -0.4 is 0 Å². The molecule has 1 rings (SSSR count). The molecule has 15 heavy (non-hydrogen) atoms. The Morgan fingerprint density at radius 3 is 2.60 bits per heavy atom. The molecule has 0 bridgehead atoms. The van der Waals surface area contributed by atoms with Gasteiger partial charge in [-0.15, -0.1) is 11.3 Å². The highest BCUT2D eigenvalue weighted by atomic mass is 32.1. The summed E-state index contributed by atoms with van der Waals surface area (Å²) in [6, 6.07) is 1.88. The van der Waals surface area contributed by atoms with Gasteiger partial charge < -0.3 is 4.74 Å². The molecule has 1 heterocycles. The summed E-state index contributed by atoms with van der Waals surface area (Å²) in [5.74, 6) is 0.102. The Balaban J connectivity index is 2.96. The standard InChI is InChI=1S/C12H18O2S/c1-5-12(4,14-6-2)11(13)10-7-8-15-9(10)3/h7-8H,5-6H2,1-4H3. The molecule has 1 aromatic rings. The smallest absolute Gasteiger partial charge is 0.195 e. The first-order chi connectivity index (χ1) is 7.05. The minimum Gasteiger partial charge on any atom is -0.367 e. The average Bonchev–Trinajstić information content (AvgIpc) is 2.63. The van der Waals surface area contributed by atoms with Crippen molar-refractivity contribution in [3.05, 3.63) is 21.9 Å². The van der Waals surface area contributed by atoms with Gasteiger partial charge in [-0.2, -0.15) is 0 Å². The molecule has 0 aliphatic carbocycles. The first kappa shape index (κ1) is 12.4. The molecule has 0 saturated carbocycles. The molecule has 0 fully saturated rings. The fraction of sp³-hybridized carbons (Fsp3) is 0.583. The Morgan fingerprint density at radius 1 is 1.53 bits per heavy atom. The Kier molecular flexibility index (Phi) is 4.05. The zero-order chi connectivity index (χ0) is 11.5. The van der Waals surface area contributed by atoms with Gasteiger partial charge in [0, 0.05) is 17.0 Å². The van der Waals surface area contributed by atoms with Gasteiger partial charge in [0.15, 0.2) is 5.78 Å². The fourth-order valence-electron chi connectivity index (χ4n) is 1.55. The molecule has 0 aromatic carbocycles. The van der Waals surface area contributed by atoms with Crippen LogP contribution in [-0.4, -0.2) is 18.0 Å². The minimum absolute atomic E-state index is 0.102. The summed E-state index contributed by atoms with van der Waals surface area (Å²) in [5, 5.41) is 1.95. The van der Waals surface area contributed by atoms with E-state index >= 15 is 0 Å². The summed E-state index contributed by atoms with van der Waals surface area (Å²) < 4.78 is 5.57. The van der Waals surface area contributed by atoms with E-state index in [1.165, 1.54) is 0 Å². The van der Waals surface area contributed by atoms with Crippen molar-refractivity contribution in [3.8, 4) is 0 Å². The molecular formula is C12H18O2S. The third-order valence-corrected chi connectivity index (χ3v) is 3.57. The molecule has 0 N–H and O–H groups in total. The van der Waals surface area contributed by atoms with Crippen molar-refractivity contribution < 1.29 is 9.53 Å². The van der Waals surface area contributed by atoms with E-state index in [-0.39, 0.29) is 5.78 Å². The maximum absolute atomic E-state index is 12.3. The second-order valence-electron chi connectivity index (χ2n) is 3.74. The lowest BCUT2D eigenvalue weighted by molar-refractivity contribution is -0.0116. The number of hydrogen-bond donors (Lipinski definition) is 0. The number of carbonyl (C=O) groups excluding carboxylic acids is 1. The topological polar surface area (TPSA) is 26.3 Å². The Labute approximate surface area is 95.3 Å². The monoisotopic (exact) mass is 226 g/mol. The van der Waals surface area contributed by atoms with Crippen molar-refractivity contribution in [2.45, 2.75) is 39.7 Å². The van der Waals surface area contributed by atoms with Crippen molar-refractivity contribution in [2.24, 2.45) is 0 Å². The third-order valence-electron chi connectivity index (χ3n) is 2.72. The maximum Gasteiger partial charge on any atom is 0.195 e. The molecule has 1 atom stereocenters. The molecule has 3 heteroatoms. The molecule has 0 aliphatic heterocycles. The van der Waals surface area contributed by atoms with Crippen molar-refractivity contribution in [2.75, 3.05) is 6.61 Å². The molecule has 0 saturated heterocycles. The lowest BCUT2D eigenvalue weighted by atomic mass is 9.92. The van der Waals surface area contributed by atoms with Gasteiger partial charge in [-0.1, -0.05) is 6.92 Å². The average molecular weight is 226 g/mol. The number of Topliss-reactive ketones (excluding diaryl/α,β-unsaturated/α-hetero) is 1. The Morgan fingerprint density at radius 2 is 2.20 bits per heavy atom. The predicted molar refractivity (Wildman–Crippen MR) is 63.7 cm³/mol. The van der Waals surface area contributed by atoms with Crippen LogP contribution in [0, 0.1) is 6.92 Å². The molecule has 1 unspecified atom stereocenters. The summed E-state index contributed by atoms with van der Waals surface area (Å²) in [7, 11) is 0. The number of aryl methyl sites for hydroxylation is 1. The van der Waals surface area contributed by atoms with Crippen LogP contribution in [0.1, 0.15) is 42.4 Å². The van der Waals surface area contributed by atoms with Crippen LogP contribution in [0.4, 0.5) is 0 Å². The molecule has 0 radical (unpaired) electrons. The van der Waals surface area contributed by atoms with Crippen LogP contribution in [0.5, 0.6) is 0 Å². The zero-order valence-corrected chi connectivity index (χ0v) is 10.6. The zero-order valence-electron chi connectivity index (χ0n) is 9.79. The van der Waals surface area contributed by atoms with E-state index in [4.69, 9.17) is 4.74 Å². The SMILES string of the molecule is CCOC(C)(CC)C(=O)c1ccsc1C. The van der Waals surface area contributed by atoms with Gasteiger partial charge in [-0.3, -0.25) is 4.79 Å².